The third-order valence-electron chi connectivity index (χ3n) is 0.341. The maximum absolute atomic E-state index is 9.86. The first-order valence-electron chi connectivity index (χ1n) is 1.88. The van der Waals surface area contributed by atoms with Crippen LogP contribution in [0.1, 0.15) is 8.56 Å². The molecule has 2 N–H and O–H groups in total. The predicted molar refractivity (Wildman–Crippen MR) is 41.8 cm³/mol. The van der Waals surface area contributed by atoms with Crippen molar-refractivity contribution in [2.24, 2.45) is 0 Å². The second-order valence-electron chi connectivity index (χ2n) is 0.986. The first-order valence-corrected chi connectivity index (χ1v) is 1.88. The molecule has 0 aliphatic heterocycles. The quantitative estimate of drug-likeness (QED) is 0.204. The molecule has 0 heterocycles. The second-order valence-corrected chi connectivity index (χ2v) is 0.986. The molecule has 0 aliphatic rings. The molecule has 14 heavy (non-hydrogen) atoms. The molecule has 0 saturated carbocycles. The van der Waals surface area contributed by atoms with Crippen LogP contribution in [-0.4, -0.2) is 126 Å². The van der Waals surface area contributed by atoms with Crippen molar-refractivity contribution in [3.05, 3.63) is 0 Å². The van der Waals surface area contributed by atoms with Crippen molar-refractivity contribution in [1.29, 1.82) is 0 Å². The summed E-state index contributed by atoms with van der Waals surface area (Å²) in [6, 6.07) is 0. The maximum atomic E-state index is 9.86. The summed E-state index contributed by atoms with van der Waals surface area (Å²) in [6.07, 6.45) is -5.64. The zero-order chi connectivity index (χ0) is 8.15. The second kappa shape index (κ2) is 18.7. The van der Waals surface area contributed by atoms with Gasteiger partial charge in [-0.25, -0.2) is 14.4 Å². The van der Waals surface area contributed by atoms with E-state index in [9.17, 15) is 14.4 Å². The largest absolute Gasteiger partial charge is 2.00 e. The van der Waals surface area contributed by atoms with Crippen LogP contribution in [0.3, 0.4) is 0 Å². The SMILES string of the molecule is O=C(O)OC(=O)OC(=O)O.[Ba+2].[Ba+2].[H-].[H-].[H-].[H-].[H-].[H-].[Na+].[Na+]. The fourth-order valence-electron chi connectivity index (χ4n) is 0.163. The van der Waals surface area contributed by atoms with Gasteiger partial charge in [0.15, 0.2) is 0 Å². The van der Waals surface area contributed by atoms with Gasteiger partial charge in [-0.1, -0.05) is 0 Å². The third-order valence-corrected chi connectivity index (χ3v) is 0.341. The summed E-state index contributed by atoms with van der Waals surface area (Å²) in [5.41, 5.74) is 0. The Labute approximate surface area is 213 Å². The molecule has 0 bridgehead atoms. The van der Waals surface area contributed by atoms with Crippen LogP contribution in [0.25, 0.3) is 0 Å². The van der Waals surface area contributed by atoms with Gasteiger partial charge in [-0.3, -0.25) is 0 Å². The standard InChI is InChI=1S/C3H2O7.2Ba.2Na.6H/c4-1(5)9-3(8)10-2(6)7;;;;;;;;;;/h(H,4,5)(H,6,7);;;;;;;;;;/q;2*+2;2*+1;6*-1. The van der Waals surface area contributed by atoms with E-state index in [0.29, 0.717) is 0 Å². The van der Waals surface area contributed by atoms with Crippen molar-refractivity contribution in [3.63, 3.8) is 0 Å². The van der Waals surface area contributed by atoms with E-state index in [0.717, 1.165) is 0 Å². The van der Waals surface area contributed by atoms with Crippen LogP contribution >= 0.6 is 0 Å². The number of carboxylic acid groups (broad SMARTS) is 2. The Hall–Kier alpha value is 3.35. The summed E-state index contributed by atoms with van der Waals surface area (Å²) in [6.45, 7) is 0. The molecule has 7 nitrogen and oxygen atoms in total. The van der Waals surface area contributed by atoms with Crippen molar-refractivity contribution in [1.82, 2.24) is 0 Å². The van der Waals surface area contributed by atoms with Crippen LogP contribution in [0.2, 0.25) is 0 Å². The molecule has 0 fully saturated rings. The van der Waals surface area contributed by atoms with Crippen LogP contribution < -0.4 is 59.1 Å². The number of hydrogen-bond acceptors (Lipinski definition) is 5. The van der Waals surface area contributed by atoms with E-state index < -0.39 is 18.5 Å². The van der Waals surface area contributed by atoms with E-state index in [-0.39, 0.29) is 165 Å². The topological polar surface area (TPSA) is 110 Å². The Kier molecular flexibility index (Phi) is 40.6. The van der Waals surface area contributed by atoms with Gasteiger partial charge >= 0.3 is 175 Å². The van der Waals surface area contributed by atoms with Crippen molar-refractivity contribution >= 4 is 116 Å². The molecule has 0 unspecified atom stereocenters. The Morgan fingerprint density at radius 1 is 0.857 bits per heavy atom. The molecular formula is C3H8Ba2Na2O7. The number of hydrogen-bond donors (Lipinski definition) is 2. The van der Waals surface area contributed by atoms with Gasteiger partial charge < -0.3 is 28.2 Å². The first kappa shape index (κ1) is 30.4. The van der Waals surface area contributed by atoms with Gasteiger partial charge in [-0.15, -0.1) is 0 Å². The molecule has 0 atom stereocenters. The zero-order valence-corrected chi connectivity index (χ0v) is 20.7. The zero-order valence-electron chi connectivity index (χ0n) is 13.8. The predicted octanol–water partition coefficient (Wildman–Crippen LogP) is -5.58. The van der Waals surface area contributed by atoms with Crippen LogP contribution in [0.15, 0.2) is 0 Å². The van der Waals surface area contributed by atoms with Crippen LogP contribution in [-0.2, 0) is 9.47 Å². The Morgan fingerprint density at radius 2 is 1.07 bits per heavy atom. The van der Waals surface area contributed by atoms with Crippen LogP contribution in [0.5, 0.6) is 0 Å². The summed E-state index contributed by atoms with van der Waals surface area (Å²) in [5.74, 6) is 0. The van der Waals surface area contributed by atoms with Crippen molar-refractivity contribution in [2.45, 2.75) is 0 Å². The van der Waals surface area contributed by atoms with Crippen molar-refractivity contribution < 1.29 is 102 Å². The molecule has 0 saturated heterocycles. The van der Waals surface area contributed by atoms with Crippen LogP contribution in [0, 0.1) is 0 Å². The average molecular weight is 477 g/mol. The van der Waals surface area contributed by atoms with Gasteiger partial charge in [0.1, 0.15) is 0 Å². The fraction of sp³-hybridized carbons (Fsp3) is 0. The van der Waals surface area contributed by atoms with Gasteiger partial charge in [-0.05, 0) is 0 Å². The van der Waals surface area contributed by atoms with E-state index in [1.165, 1.54) is 0 Å². The molecule has 0 aliphatic carbocycles. The maximum Gasteiger partial charge on any atom is 2.00 e. The molecule has 0 aromatic heterocycles. The van der Waals surface area contributed by atoms with E-state index in [1.807, 2.05) is 0 Å². The summed E-state index contributed by atoms with van der Waals surface area (Å²) in [5, 5.41) is 15.4. The molecule has 0 amide bonds. The van der Waals surface area contributed by atoms with Crippen molar-refractivity contribution in [2.75, 3.05) is 0 Å². The first-order chi connectivity index (χ1) is 4.52. The Balaban J connectivity index is -0.00000000900. The van der Waals surface area contributed by atoms with E-state index >= 15 is 0 Å². The fourth-order valence-corrected chi connectivity index (χ4v) is 0.163. The average Bonchev–Trinajstić information content (AvgIpc) is 1.58. The van der Waals surface area contributed by atoms with Gasteiger partial charge in [0, 0.05) is 0 Å². The minimum Gasteiger partial charge on any atom is -1.00 e. The number of carbonyl (C=O) groups is 3. The third kappa shape index (κ3) is 24.5. The summed E-state index contributed by atoms with van der Waals surface area (Å²) in [7, 11) is 0. The minimum atomic E-state index is -1.92. The minimum absolute atomic E-state index is 0. The Bertz CT molecular complexity index is 185. The van der Waals surface area contributed by atoms with Gasteiger partial charge in [0.05, 0.1) is 0 Å². The van der Waals surface area contributed by atoms with Gasteiger partial charge in [0.2, 0.25) is 0 Å². The molecule has 68 valence electrons. The monoisotopic (exact) mass is 478 g/mol. The molecule has 0 aromatic rings. The molecular weight excluding hydrogens is 469 g/mol. The molecule has 0 aromatic carbocycles. The number of carbonyl (C=O) groups excluding carboxylic acids is 1. The molecule has 0 spiro atoms. The molecule has 0 radical (unpaired) electrons. The van der Waals surface area contributed by atoms with E-state index in [1.54, 1.807) is 0 Å². The normalized spacial score (nSPS) is 5.71. The Morgan fingerprint density at radius 3 is 1.21 bits per heavy atom. The van der Waals surface area contributed by atoms with Gasteiger partial charge in [0.25, 0.3) is 0 Å². The number of ether oxygens (including phenoxy) is 2. The number of rotatable bonds is 0. The molecule has 11 heteroatoms. The van der Waals surface area contributed by atoms with Crippen molar-refractivity contribution in [3.8, 4) is 0 Å². The summed E-state index contributed by atoms with van der Waals surface area (Å²) < 4.78 is 6.47. The van der Waals surface area contributed by atoms with Crippen LogP contribution in [0.4, 0.5) is 14.4 Å². The molecule has 0 rings (SSSR count). The van der Waals surface area contributed by atoms with E-state index in [4.69, 9.17) is 10.2 Å². The van der Waals surface area contributed by atoms with E-state index in [2.05, 4.69) is 9.47 Å². The summed E-state index contributed by atoms with van der Waals surface area (Å²) in [4.78, 5) is 28.8. The smallest absolute Gasteiger partial charge is 1.00 e. The van der Waals surface area contributed by atoms with Gasteiger partial charge in [-0.2, -0.15) is 0 Å². The summed E-state index contributed by atoms with van der Waals surface area (Å²) >= 11 is 0.